The van der Waals surface area contributed by atoms with Crippen molar-refractivity contribution in [2.75, 3.05) is 13.7 Å². The molecule has 2 unspecified atom stereocenters. The molecule has 3 aromatic rings. The SMILES string of the molecule is COc1ccccc1C(c1cccc(Oc2ccccc2)c1)N1CCCCC1C(=O)O. The average Bonchev–Trinajstić information content (AvgIpc) is 2.81. The van der Waals surface area contributed by atoms with Crippen LogP contribution < -0.4 is 9.47 Å². The molecule has 31 heavy (non-hydrogen) atoms. The minimum atomic E-state index is -0.781. The van der Waals surface area contributed by atoms with E-state index in [-0.39, 0.29) is 6.04 Å². The van der Waals surface area contributed by atoms with Crippen LogP contribution in [0.2, 0.25) is 0 Å². The minimum absolute atomic E-state index is 0.253. The molecule has 1 aliphatic rings. The molecule has 0 radical (unpaired) electrons. The van der Waals surface area contributed by atoms with E-state index in [1.807, 2.05) is 78.9 Å². The van der Waals surface area contributed by atoms with Crippen molar-refractivity contribution in [2.24, 2.45) is 0 Å². The summed E-state index contributed by atoms with van der Waals surface area (Å²) in [6.07, 6.45) is 2.53. The van der Waals surface area contributed by atoms with Crippen LogP contribution >= 0.6 is 0 Å². The molecule has 0 saturated carbocycles. The van der Waals surface area contributed by atoms with Crippen molar-refractivity contribution in [1.82, 2.24) is 4.90 Å². The van der Waals surface area contributed by atoms with Gasteiger partial charge < -0.3 is 14.6 Å². The van der Waals surface area contributed by atoms with E-state index < -0.39 is 12.0 Å². The van der Waals surface area contributed by atoms with E-state index in [0.29, 0.717) is 18.7 Å². The van der Waals surface area contributed by atoms with Crippen LogP contribution in [0.4, 0.5) is 0 Å². The smallest absolute Gasteiger partial charge is 0.320 e. The van der Waals surface area contributed by atoms with Crippen molar-refractivity contribution < 1.29 is 19.4 Å². The molecule has 0 aromatic heterocycles. The molecular weight excluding hydrogens is 390 g/mol. The summed E-state index contributed by atoms with van der Waals surface area (Å²) in [6, 6.07) is 24.6. The Bertz CT molecular complexity index is 1020. The molecule has 3 aromatic carbocycles. The van der Waals surface area contributed by atoms with Gasteiger partial charge in [-0.25, -0.2) is 0 Å². The quantitative estimate of drug-likeness (QED) is 0.549. The van der Waals surface area contributed by atoms with Gasteiger partial charge in [-0.1, -0.05) is 55.0 Å². The summed E-state index contributed by atoms with van der Waals surface area (Å²) >= 11 is 0. The highest BCUT2D eigenvalue weighted by Gasteiger charge is 2.36. The first kappa shape index (κ1) is 20.9. The van der Waals surface area contributed by atoms with Crippen LogP contribution in [0.15, 0.2) is 78.9 Å². The summed E-state index contributed by atoms with van der Waals surface area (Å²) < 4.78 is 11.7. The highest BCUT2D eigenvalue weighted by atomic mass is 16.5. The first-order valence-electron chi connectivity index (χ1n) is 10.6. The molecule has 1 heterocycles. The molecule has 1 N–H and O–H groups in total. The van der Waals surface area contributed by atoms with Gasteiger partial charge in [0.1, 0.15) is 23.3 Å². The Morgan fingerprint density at radius 3 is 2.48 bits per heavy atom. The van der Waals surface area contributed by atoms with Gasteiger partial charge in [0, 0.05) is 5.56 Å². The predicted octanol–water partition coefficient (Wildman–Crippen LogP) is 5.52. The number of carboxylic acid groups (broad SMARTS) is 1. The maximum Gasteiger partial charge on any atom is 0.320 e. The van der Waals surface area contributed by atoms with Gasteiger partial charge in [0.15, 0.2) is 0 Å². The number of nitrogens with zero attached hydrogens (tertiary/aromatic N) is 1. The van der Waals surface area contributed by atoms with Crippen molar-refractivity contribution in [3.8, 4) is 17.2 Å². The number of methoxy groups -OCH3 is 1. The monoisotopic (exact) mass is 417 g/mol. The van der Waals surface area contributed by atoms with Crippen LogP contribution in [0.5, 0.6) is 17.2 Å². The number of hydrogen-bond donors (Lipinski definition) is 1. The predicted molar refractivity (Wildman–Crippen MR) is 120 cm³/mol. The van der Waals surface area contributed by atoms with Gasteiger partial charge in [0.05, 0.1) is 13.2 Å². The zero-order chi connectivity index (χ0) is 21.6. The lowest BCUT2D eigenvalue weighted by atomic mass is 9.91. The molecule has 4 rings (SSSR count). The maximum atomic E-state index is 12.1. The van der Waals surface area contributed by atoms with Gasteiger partial charge in [0.25, 0.3) is 0 Å². The van der Waals surface area contributed by atoms with Gasteiger partial charge >= 0.3 is 5.97 Å². The Hall–Kier alpha value is -3.31. The zero-order valence-electron chi connectivity index (χ0n) is 17.6. The Kier molecular flexibility index (Phi) is 6.53. The third-order valence-electron chi connectivity index (χ3n) is 5.75. The molecule has 1 aliphatic heterocycles. The second-order valence-corrected chi connectivity index (χ2v) is 7.72. The van der Waals surface area contributed by atoms with Crippen LogP contribution in [0.3, 0.4) is 0 Å². The van der Waals surface area contributed by atoms with E-state index in [1.54, 1.807) is 7.11 Å². The molecule has 5 nitrogen and oxygen atoms in total. The van der Waals surface area contributed by atoms with Crippen molar-refractivity contribution in [3.63, 3.8) is 0 Å². The number of piperidine rings is 1. The highest BCUT2D eigenvalue weighted by Crippen LogP contribution is 2.39. The lowest BCUT2D eigenvalue weighted by Gasteiger charge is -2.40. The summed E-state index contributed by atoms with van der Waals surface area (Å²) in [4.78, 5) is 14.2. The van der Waals surface area contributed by atoms with Crippen molar-refractivity contribution >= 4 is 5.97 Å². The Labute approximate surface area is 182 Å². The third-order valence-corrected chi connectivity index (χ3v) is 5.75. The molecule has 0 aliphatic carbocycles. The topological polar surface area (TPSA) is 59.0 Å². The van der Waals surface area contributed by atoms with E-state index in [9.17, 15) is 9.90 Å². The molecular formula is C26H27NO4. The number of carboxylic acids is 1. The molecule has 1 saturated heterocycles. The molecule has 0 bridgehead atoms. The van der Waals surface area contributed by atoms with Crippen LogP contribution in [0.25, 0.3) is 0 Å². The number of aliphatic carboxylic acids is 1. The fourth-order valence-corrected chi connectivity index (χ4v) is 4.34. The van der Waals surface area contributed by atoms with Gasteiger partial charge in [0.2, 0.25) is 0 Å². The fraction of sp³-hybridized carbons (Fsp3) is 0.269. The van der Waals surface area contributed by atoms with Crippen LogP contribution in [0, 0.1) is 0 Å². The first-order chi connectivity index (χ1) is 15.2. The highest BCUT2D eigenvalue weighted by molar-refractivity contribution is 5.74. The minimum Gasteiger partial charge on any atom is -0.496 e. The average molecular weight is 418 g/mol. The zero-order valence-corrected chi connectivity index (χ0v) is 17.6. The van der Waals surface area contributed by atoms with Gasteiger partial charge in [-0.05, 0) is 55.3 Å². The van der Waals surface area contributed by atoms with Gasteiger partial charge in [-0.15, -0.1) is 0 Å². The maximum absolute atomic E-state index is 12.1. The lowest BCUT2D eigenvalue weighted by molar-refractivity contribution is -0.145. The fourth-order valence-electron chi connectivity index (χ4n) is 4.34. The number of para-hydroxylation sites is 2. The second-order valence-electron chi connectivity index (χ2n) is 7.72. The number of hydrogen-bond acceptors (Lipinski definition) is 4. The summed E-state index contributed by atoms with van der Waals surface area (Å²) in [5, 5.41) is 9.93. The van der Waals surface area contributed by atoms with Crippen molar-refractivity contribution in [2.45, 2.75) is 31.3 Å². The summed E-state index contributed by atoms with van der Waals surface area (Å²) in [6.45, 7) is 0.712. The number of likely N-dealkylation sites (tertiary alicyclic amines) is 1. The Morgan fingerprint density at radius 2 is 1.71 bits per heavy atom. The lowest BCUT2D eigenvalue weighted by Crippen LogP contribution is -2.46. The van der Waals surface area contributed by atoms with Crippen molar-refractivity contribution in [3.05, 3.63) is 90.0 Å². The van der Waals surface area contributed by atoms with E-state index in [1.165, 1.54) is 0 Å². The van der Waals surface area contributed by atoms with Gasteiger partial charge in [-0.3, -0.25) is 9.69 Å². The van der Waals surface area contributed by atoms with Gasteiger partial charge in [-0.2, -0.15) is 0 Å². The number of rotatable bonds is 7. The molecule has 0 amide bonds. The summed E-state index contributed by atoms with van der Waals surface area (Å²) in [5.41, 5.74) is 1.93. The van der Waals surface area contributed by atoms with Crippen LogP contribution in [-0.4, -0.2) is 35.7 Å². The first-order valence-corrected chi connectivity index (χ1v) is 10.6. The van der Waals surface area contributed by atoms with Crippen LogP contribution in [0.1, 0.15) is 36.4 Å². The molecule has 2 atom stereocenters. The van der Waals surface area contributed by atoms with E-state index in [0.717, 1.165) is 35.5 Å². The standard InChI is InChI=1S/C26H27NO4/c1-30-24-16-6-5-14-22(24)25(27-17-8-7-15-23(27)26(28)29)19-10-9-13-21(18-19)31-20-11-3-2-4-12-20/h2-6,9-14,16,18,23,25H,7-8,15,17H2,1H3,(H,28,29). The number of ether oxygens (including phenoxy) is 2. The largest absolute Gasteiger partial charge is 0.496 e. The van der Waals surface area contributed by atoms with E-state index >= 15 is 0 Å². The molecule has 0 spiro atoms. The Balaban J connectivity index is 1.77. The normalized spacial score (nSPS) is 17.6. The number of benzene rings is 3. The summed E-state index contributed by atoms with van der Waals surface area (Å²) in [7, 11) is 1.65. The molecule has 1 fully saturated rings. The van der Waals surface area contributed by atoms with E-state index in [4.69, 9.17) is 9.47 Å². The van der Waals surface area contributed by atoms with E-state index in [2.05, 4.69) is 4.90 Å². The molecule has 160 valence electrons. The molecule has 5 heteroatoms. The Morgan fingerprint density at radius 1 is 0.968 bits per heavy atom. The number of carbonyl (C=O) groups is 1. The van der Waals surface area contributed by atoms with Crippen molar-refractivity contribution in [1.29, 1.82) is 0 Å². The summed E-state index contributed by atoms with van der Waals surface area (Å²) in [5.74, 6) is 1.44. The van der Waals surface area contributed by atoms with Crippen LogP contribution in [-0.2, 0) is 4.79 Å². The third kappa shape index (κ3) is 4.72. The second kappa shape index (κ2) is 9.67.